The molecule has 2 aromatic carbocycles. The molecule has 3 rings (SSSR count). The maximum Gasteiger partial charge on any atom is 0.234 e. The van der Waals surface area contributed by atoms with E-state index in [1.807, 2.05) is 19.1 Å². The van der Waals surface area contributed by atoms with Crippen molar-refractivity contribution in [2.24, 2.45) is 7.05 Å². The average Bonchev–Trinajstić information content (AvgIpc) is 3.04. The van der Waals surface area contributed by atoms with Crippen LogP contribution in [-0.4, -0.2) is 26.4 Å². The molecule has 3 aromatic rings. The topological polar surface area (TPSA) is 69.0 Å². The van der Waals surface area contributed by atoms with Crippen molar-refractivity contribution >= 4 is 35.0 Å². The van der Waals surface area contributed by atoms with E-state index in [1.54, 1.807) is 35.9 Å². The molecular weight excluding hydrogens is 403 g/mol. The Morgan fingerprint density at radius 2 is 1.96 bits per heavy atom. The van der Waals surface area contributed by atoms with Crippen LogP contribution in [0.3, 0.4) is 0 Å². The van der Waals surface area contributed by atoms with Crippen LogP contribution >= 0.6 is 23.4 Å². The number of aromatic nitrogens is 3. The Balaban J connectivity index is 1.60. The summed E-state index contributed by atoms with van der Waals surface area (Å²) in [6.07, 6.45) is -0.390. The van der Waals surface area contributed by atoms with Crippen molar-refractivity contribution in [1.82, 2.24) is 14.8 Å². The summed E-state index contributed by atoms with van der Waals surface area (Å²) < 4.78 is 21.2. The van der Waals surface area contributed by atoms with Crippen molar-refractivity contribution in [3.63, 3.8) is 0 Å². The van der Waals surface area contributed by atoms with Gasteiger partial charge < -0.3 is 14.6 Å². The Hall–Kier alpha value is -2.58. The van der Waals surface area contributed by atoms with Crippen LogP contribution in [0, 0.1) is 5.82 Å². The largest absolute Gasteiger partial charge is 0.481 e. The third-order valence-corrected chi connectivity index (χ3v) is 5.19. The van der Waals surface area contributed by atoms with Crippen molar-refractivity contribution in [2.75, 3.05) is 11.1 Å². The summed E-state index contributed by atoms with van der Waals surface area (Å²) in [5.41, 5.74) is 0.147. The zero-order chi connectivity index (χ0) is 20.1. The molecule has 0 bridgehead atoms. The van der Waals surface area contributed by atoms with Gasteiger partial charge in [-0.15, -0.1) is 10.2 Å². The Bertz CT molecular complexity index is 982. The highest BCUT2D eigenvalue weighted by molar-refractivity contribution is 7.99. The van der Waals surface area contributed by atoms with E-state index in [4.69, 9.17) is 16.3 Å². The van der Waals surface area contributed by atoms with Crippen LogP contribution < -0.4 is 10.1 Å². The summed E-state index contributed by atoms with van der Waals surface area (Å²) in [5.74, 6) is 0.405. The molecule has 6 nitrogen and oxygen atoms in total. The number of rotatable bonds is 7. The second-order valence-corrected chi connectivity index (χ2v) is 7.26. The van der Waals surface area contributed by atoms with E-state index in [0.717, 1.165) is 0 Å². The van der Waals surface area contributed by atoms with Crippen molar-refractivity contribution in [1.29, 1.82) is 0 Å². The van der Waals surface area contributed by atoms with Gasteiger partial charge in [-0.2, -0.15) is 0 Å². The molecule has 1 N–H and O–H groups in total. The molecule has 0 aliphatic heterocycles. The third kappa shape index (κ3) is 4.82. The molecule has 1 atom stereocenters. The number of anilines is 1. The van der Waals surface area contributed by atoms with Gasteiger partial charge >= 0.3 is 0 Å². The maximum absolute atomic E-state index is 13.6. The number of para-hydroxylation sites is 2. The zero-order valence-electron chi connectivity index (χ0n) is 15.2. The number of hydrogen-bond acceptors (Lipinski definition) is 5. The van der Waals surface area contributed by atoms with Gasteiger partial charge in [0.2, 0.25) is 5.91 Å². The number of hydrogen-bond donors (Lipinski definition) is 1. The maximum atomic E-state index is 13.6. The number of nitrogens with one attached hydrogen (secondary N) is 1. The van der Waals surface area contributed by atoms with Gasteiger partial charge in [-0.1, -0.05) is 47.6 Å². The van der Waals surface area contributed by atoms with Gasteiger partial charge in [0, 0.05) is 7.05 Å². The average molecular weight is 421 g/mol. The first-order valence-corrected chi connectivity index (χ1v) is 9.79. The van der Waals surface area contributed by atoms with E-state index in [9.17, 15) is 9.18 Å². The van der Waals surface area contributed by atoms with Crippen molar-refractivity contribution in [3.05, 3.63) is 65.2 Å². The minimum Gasteiger partial charge on any atom is -0.481 e. The van der Waals surface area contributed by atoms with E-state index in [-0.39, 0.29) is 23.5 Å². The number of amides is 1. The summed E-state index contributed by atoms with van der Waals surface area (Å²) >= 11 is 7.32. The fraction of sp³-hybridized carbons (Fsp3) is 0.211. The smallest absolute Gasteiger partial charge is 0.234 e. The van der Waals surface area contributed by atoms with Crippen molar-refractivity contribution in [3.8, 4) is 5.75 Å². The molecule has 0 spiro atoms. The van der Waals surface area contributed by atoms with Crippen LogP contribution in [0.25, 0.3) is 0 Å². The van der Waals surface area contributed by atoms with Gasteiger partial charge in [-0.25, -0.2) is 4.39 Å². The monoisotopic (exact) mass is 420 g/mol. The summed E-state index contributed by atoms with van der Waals surface area (Å²) in [7, 11) is 1.79. The third-order valence-electron chi connectivity index (χ3n) is 3.85. The first-order chi connectivity index (χ1) is 13.5. The lowest BCUT2D eigenvalue weighted by atomic mass is 10.3. The van der Waals surface area contributed by atoms with Crippen LogP contribution in [-0.2, 0) is 11.8 Å². The first-order valence-electron chi connectivity index (χ1n) is 8.43. The molecule has 28 heavy (non-hydrogen) atoms. The minimum atomic E-state index is -0.479. The summed E-state index contributed by atoms with van der Waals surface area (Å²) in [6, 6.07) is 13.2. The normalized spacial score (nSPS) is 11.9. The Labute approximate surface area is 171 Å². The van der Waals surface area contributed by atoms with Crippen LogP contribution in [0.2, 0.25) is 5.02 Å². The van der Waals surface area contributed by atoms with E-state index >= 15 is 0 Å². The number of thioether (sulfide) groups is 1. The molecule has 0 aliphatic carbocycles. The highest BCUT2D eigenvalue weighted by atomic mass is 35.5. The Morgan fingerprint density at radius 3 is 2.71 bits per heavy atom. The molecule has 0 fully saturated rings. The summed E-state index contributed by atoms with van der Waals surface area (Å²) in [4.78, 5) is 12.1. The number of carbonyl (C=O) groups excluding carboxylic acids is 1. The quantitative estimate of drug-likeness (QED) is 0.571. The zero-order valence-corrected chi connectivity index (χ0v) is 16.8. The summed E-state index contributed by atoms with van der Waals surface area (Å²) in [6.45, 7) is 1.84. The number of carbonyl (C=O) groups is 1. The molecule has 9 heteroatoms. The van der Waals surface area contributed by atoms with E-state index < -0.39 is 5.82 Å². The van der Waals surface area contributed by atoms with E-state index in [1.165, 1.54) is 23.9 Å². The molecular formula is C19H18ClFN4O2S. The van der Waals surface area contributed by atoms with E-state index in [2.05, 4.69) is 15.5 Å². The molecule has 0 saturated carbocycles. The lowest BCUT2D eigenvalue weighted by Gasteiger charge is -2.15. The highest BCUT2D eigenvalue weighted by Gasteiger charge is 2.19. The molecule has 1 aromatic heterocycles. The second kappa shape index (κ2) is 9.07. The SMILES string of the molecule is CC(Oc1ccccc1Cl)c1nnc(SCC(=O)Nc2ccccc2F)n1C. The predicted octanol–water partition coefficient (Wildman–Crippen LogP) is 4.48. The van der Waals surface area contributed by atoms with Crippen LogP contribution in [0.1, 0.15) is 18.9 Å². The fourth-order valence-corrected chi connectivity index (χ4v) is 3.37. The molecule has 146 valence electrons. The van der Waals surface area contributed by atoms with Crippen molar-refractivity contribution in [2.45, 2.75) is 18.2 Å². The van der Waals surface area contributed by atoms with E-state index in [0.29, 0.717) is 21.8 Å². The molecule has 1 heterocycles. The number of halogens is 2. The second-order valence-electron chi connectivity index (χ2n) is 5.91. The molecule has 0 saturated heterocycles. The Kier molecular flexibility index (Phi) is 6.53. The minimum absolute atomic E-state index is 0.0695. The predicted molar refractivity (Wildman–Crippen MR) is 107 cm³/mol. The van der Waals surface area contributed by atoms with Gasteiger partial charge in [0.25, 0.3) is 0 Å². The van der Waals surface area contributed by atoms with Crippen LogP contribution in [0.4, 0.5) is 10.1 Å². The summed E-state index contributed by atoms with van der Waals surface area (Å²) in [5, 5.41) is 11.9. The van der Waals surface area contributed by atoms with Gasteiger partial charge in [0.05, 0.1) is 16.5 Å². The van der Waals surface area contributed by atoms with Gasteiger partial charge in [0.1, 0.15) is 11.6 Å². The number of benzene rings is 2. The fourth-order valence-electron chi connectivity index (χ4n) is 2.47. The number of ether oxygens (including phenoxy) is 1. The van der Waals surface area contributed by atoms with Crippen molar-refractivity contribution < 1.29 is 13.9 Å². The lowest BCUT2D eigenvalue weighted by Crippen LogP contribution is -2.15. The lowest BCUT2D eigenvalue weighted by molar-refractivity contribution is -0.113. The molecule has 1 amide bonds. The van der Waals surface area contributed by atoms with Gasteiger partial charge in [-0.05, 0) is 31.2 Å². The van der Waals surface area contributed by atoms with Gasteiger partial charge in [0.15, 0.2) is 17.1 Å². The molecule has 0 radical (unpaired) electrons. The van der Waals surface area contributed by atoms with Gasteiger partial charge in [-0.3, -0.25) is 4.79 Å². The highest BCUT2D eigenvalue weighted by Crippen LogP contribution is 2.29. The first kappa shape index (κ1) is 20.2. The van der Waals surface area contributed by atoms with Crippen LogP contribution in [0.15, 0.2) is 53.7 Å². The van der Waals surface area contributed by atoms with Crippen LogP contribution in [0.5, 0.6) is 5.75 Å². The standard InChI is InChI=1S/C19H18ClFN4O2S/c1-12(27-16-10-6-3-7-13(16)20)18-23-24-19(25(18)2)28-11-17(26)22-15-9-5-4-8-14(15)21/h3-10,12H,11H2,1-2H3,(H,22,26). The number of nitrogens with zero attached hydrogens (tertiary/aromatic N) is 3. The molecule has 0 aliphatic rings. The molecule has 1 unspecified atom stereocenters. The Morgan fingerprint density at radius 1 is 1.25 bits per heavy atom.